The Morgan fingerprint density at radius 3 is 2.66 bits per heavy atom. The lowest BCUT2D eigenvalue weighted by Crippen LogP contribution is -1.92. The zero-order valence-electron chi connectivity index (χ0n) is 14.7. The number of H-pyrrole nitrogens is 1. The molecule has 0 aliphatic rings. The number of non-ortho nitro benzene ring substituents is 1. The molecule has 9 heteroatoms. The van der Waals surface area contributed by atoms with Gasteiger partial charge in [-0.05, 0) is 18.2 Å². The van der Waals surface area contributed by atoms with Crippen LogP contribution in [0.15, 0.2) is 61.1 Å². The number of rotatable bonds is 3. The molecule has 0 bridgehead atoms. The number of halogens is 1. The molecular formula is C20H11ClN6O2. The fourth-order valence-corrected chi connectivity index (χ4v) is 3.54. The van der Waals surface area contributed by atoms with E-state index in [9.17, 15) is 10.1 Å². The van der Waals surface area contributed by atoms with Crippen molar-refractivity contribution in [2.24, 2.45) is 0 Å². The molecule has 1 N–H and O–H groups in total. The van der Waals surface area contributed by atoms with Crippen LogP contribution in [0.4, 0.5) is 5.69 Å². The summed E-state index contributed by atoms with van der Waals surface area (Å²) in [5, 5.41) is 20.9. The highest BCUT2D eigenvalue weighted by molar-refractivity contribution is 6.33. The van der Waals surface area contributed by atoms with E-state index in [1.54, 1.807) is 18.5 Å². The highest BCUT2D eigenvalue weighted by atomic mass is 35.5. The molecule has 0 amide bonds. The quantitative estimate of drug-likeness (QED) is 0.343. The first kappa shape index (κ1) is 17.2. The average Bonchev–Trinajstić information content (AvgIpc) is 3.38. The molecule has 0 atom stereocenters. The molecule has 0 spiro atoms. The van der Waals surface area contributed by atoms with Crippen molar-refractivity contribution >= 4 is 39.1 Å². The molecule has 3 heterocycles. The SMILES string of the molecule is O=[N+]([O-])c1cc2c(-c3ccccc3Cl)nc(-c3ccc[nH]3)cnc2c2cnnc12. The normalized spacial score (nSPS) is 11.2. The van der Waals surface area contributed by atoms with Gasteiger partial charge in [-0.2, -0.15) is 5.10 Å². The predicted molar refractivity (Wildman–Crippen MR) is 110 cm³/mol. The third-order valence-corrected chi connectivity index (χ3v) is 4.97. The summed E-state index contributed by atoms with van der Waals surface area (Å²) in [6.45, 7) is 0. The zero-order chi connectivity index (χ0) is 20.0. The number of benzene rings is 2. The van der Waals surface area contributed by atoms with Crippen molar-refractivity contribution in [3.63, 3.8) is 0 Å². The minimum atomic E-state index is -0.480. The molecule has 0 aliphatic heterocycles. The van der Waals surface area contributed by atoms with Crippen molar-refractivity contribution in [3.8, 4) is 22.6 Å². The van der Waals surface area contributed by atoms with Gasteiger partial charge in [-0.3, -0.25) is 15.1 Å². The fourth-order valence-electron chi connectivity index (χ4n) is 3.31. The summed E-state index contributed by atoms with van der Waals surface area (Å²) in [5.74, 6) is 0. The Kier molecular flexibility index (Phi) is 3.92. The van der Waals surface area contributed by atoms with Gasteiger partial charge in [-0.1, -0.05) is 29.8 Å². The lowest BCUT2D eigenvalue weighted by Gasteiger charge is -2.05. The Hall–Kier alpha value is -3.91. The second-order valence-corrected chi connectivity index (χ2v) is 6.73. The van der Waals surface area contributed by atoms with Gasteiger partial charge >= 0.3 is 0 Å². The van der Waals surface area contributed by atoms with Crippen LogP contribution in [0.3, 0.4) is 0 Å². The van der Waals surface area contributed by atoms with Gasteiger partial charge in [0.2, 0.25) is 0 Å². The van der Waals surface area contributed by atoms with E-state index < -0.39 is 4.92 Å². The number of nitrogens with one attached hydrogen (secondary N) is 1. The summed E-state index contributed by atoms with van der Waals surface area (Å²) in [4.78, 5) is 23.7. The Bertz CT molecular complexity index is 1400. The van der Waals surface area contributed by atoms with E-state index >= 15 is 0 Å². The average molecular weight is 403 g/mol. The number of nitro groups is 1. The van der Waals surface area contributed by atoms with Crippen LogP contribution in [0, 0.1) is 10.1 Å². The molecule has 0 fully saturated rings. The summed E-state index contributed by atoms with van der Waals surface area (Å²) in [5.41, 5.74) is 3.00. The van der Waals surface area contributed by atoms with E-state index in [1.807, 2.05) is 30.3 Å². The van der Waals surface area contributed by atoms with E-state index in [2.05, 4.69) is 20.2 Å². The van der Waals surface area contributed by atoms with Gasteiger partial charge in [0.05, 0.1) is 39.6 Å². The van der Waals surface area contributed by atoms with E-state index in [4.69, 9.17) is 16.6 Å². The lowest BCUT2D eigenvalue weighted by atomic mass is 10.0. The Morgan fingerprint density at radius 2 is 1.90 bits per heavy atom. The van der Waals surface area contributed by atoms with Crippen LogP contribution in [-0.2, 0) is 0 Å². The van der Waals surface area contributed by atoms with Crippen LogP contribution in [0.5, 0.6) is 0 Å². The van der Waals surface area contributed by atoms with Gasteiger partial charge in [-0.15, -0.1) is 5.10 Å². The smallest absolute Gasteiger partial charge is 0.298 e. The Morgan fingerprint density at radius 1 is 1.03 bits per heavy atom. The monoisotopic (exact) mass is 402 g/mol. The molecule has 8 nitrogen and oxygen atoms in total. The third kappa shape index (κ3) is 2.77. The molecule has 0 radical (unpaired) electrons. The third-order valence-electron chi connectivity index (χ3n) is 4.64. The first-order valence-corrected chi connectivity index (χ1v) is 8.99. The molecule has 140 valence electrons. The number of hydrogen-bond acceptors (Lipinski definition) is 6. The highest BCUT2D eigenvalue weighted by Crippen LogP contribution is 2.37. The van der Waals surface area contributed by atoms with Crippen molar-refractivity contribution < 1.29 is 4.92 Å². The summed E-state index contributed by atoms with van der Waals surface area (Å²) < 4.78 is 0. The maximum absolute atomic E-state index is 11.7. The van der Waals surface area contributed by atoms with E-state index in [1.165, 1.54) is 12.3 Å². The molecule has 2 aromatic carbocycles. The molecule has 5 rings (SSSR count). The summed E-state index contributed by atoms with van der Waals surface area (Å²) >= 11 is 6.45. The number of nitrogens with zero attached hydrogens (tertiary/aromatic N) is 5. The first-order valence-electron chi connectivity index (χ1n) is 8.61. The van der Waals surface area contributed by atoms with Crippen molar-refractivity contribution in [1.82, 2.24) is 25.1 Å². The summed E-state index contributed by atoms with van der Waals surface area (Å²) in [6, 6.07) is 12.4. The van der Waals surface area contributed by atoms with Gasteiger partial charge in [0, 0.05) is 28.2 Å². The Balaban J connectivity index is 1.99. The minimum Gasteiger partial charge on any atom is -0.360 e. The van der Waals surface area contributed by atoms with E-state index in [0.29, 0.717) is 38.3 Å². The minimum absolute atomic E-state index is 0.158. The van der Waals surface area contributed by atoms with Crippen molar-refractivity contribution in [3.05, 3.63) is 76.2 Å². The van der Waals surface area contributed by atoms with Crippen LogP contribution in [0.2, 0.25) is 5.02 Å². The number of aromatic nitrogens is 5. The van der Waals surface area contributed by atoms with Crippen LogP contribution in [-0.4, -0.2) is 30.1 Å². The maximum atomic E-state index is 11.7. The molecule has 0 aliphatic carbocycles. The first-order chi connectivity index (χ1) is 14.1. The topological polar surface area (TPSA) is 110 Å². The van der Waals surface area contributed by atoms with Gasteiger partial charge in [-0.25, -0.2) is 4.98 Å². The maximum Gasteiger partial charge on any atom is 0.298 e. The van der Waals surface area contributed by atoms with Gasteiger partial charge in [0.1, 0.15) is 5.69 Å². The predicted octanol–water partition coefficient (Wildman–Crippen LogP) is 4.80. The van der Waals surface area contributed by atoms with Gasteiger partial charge in [0.25, 0.3) is 5.69 Å². The van der Waals surface area contributed by atoms with Gasteiger partial charge < -0.3 is 4.98 Å². The molecule has 5 aromatic rings. The fraction of sp³-hybridized carbons (Fsp3) is 0. The largest absolute Gasteiger partial charge is 0.360 e. The van der Waals surface area contributed by atoms with Crippen LogP contribution >= 0.6 is 11.6 Å². The lowest BCUT2D eigenvalue weighted by molar-refractivity contribution is -0.383. The van der Waals surface area contributed by atoms with Crippen LogP contribution in [0.1, 0.15) is 0 Å². The van der Waals surface area contributed by atoms with Crippen molar-refractivity contribution in [2.45, 2.75) is 0 Å². The van der Waals surface area contributed by atoms with E-state index in [0.717, 1.165) is 5.69 Å². The molecular weight excluding hydrogens is 392 g/mol. The van der Waals surface area contributed by atoms with Gasteiger partial charge in [0.15, 0.2) is 5.52 Å². The number of fused-ring (bicyclic) bond motifs is 3. The molecule has 3 aromatic heterocycles. The van der Waals surface area contributed by atoms with Crippen LogP contribution < -0.4 is 0 Å². The molecule has 0 saturated heterocycles. The molecule has 29 heavy (non-hydrogen) atoms. The van der Waals surface area contributed by atoms with Crippen LogP contribution in [0.25, 0.3) is 44.5 Å². The zero-order valence-corrected chi connectivity index (χ0v) is 15.5. The number of nitro benzene ring substituents is 1. The van der Waals surface area contributed by atoms with Crippen molar-refractivity contribution in [2.75, 3.05) is 0 Å². The standard InChI is InChI=1S/C20H11ClN6O2/c21-14-5-2-1-4-11(14)19-12-8-17(27(28)29)20-13(9-24-26-20)18(12)23-10-16(25-19)15-6-3-7-22-15/h1-10,22H. The van der Waals surface area contributed by atoms with Crippen molar-refractivity contribution in [1.29, 1.82) is 0 Å². The molecule has 0 unspecified atom stereocenters. The molecule has 0 saturated carbocycles. The number of hydrogen-bond donors (Lipinski definition) is 1. The Labute approximate surface area is 168 Å². The second kappa shape index (κ2) is 6.61. The summed E-state index contributed by atoms with van der Waals surface area (Å²) in [7, 11) is 0. The second-order valence-electron chi connectivity index (χ2n) is 6.32. The highest BCUT2D eigenvalue weighted by Gasteiger charge is 2.22. The number of aromatic amines is 1. The summed E-state index contributed by atoms with van der Waals surface area (Å²) in [6.07, 6.45) is 4.88. The van der Waals surface area contributed by atoms with E-state index in [-0.39, 0.29) is 11.2 Å².